The monoisotopic (exact) mass is 212 g/mol. The van der Waals surface area contributed by atoms with E-state index in [4.69, 9.17) is 9.84 Å². The molecule has 0 spiro atoms. The molecule has 0 aromatic rings. The molecule has 0 aliphatic heterocycles. The highest BCUT2D eigenvalue weighted by Gasteiger charge is 2.04. The van der Waals surface area contributed by atoms with Crippen molar-refractivity contribution in [3.05, 3.63) is 37.5 Å². The molecule has 1 N–H and O–H groups in total. The van der Waals surface area contributed by atoms with Gasteiger partial charge < -0.3 is 9.84 Å². The molecule has 0 aromatic carbocycles. The Morgan fingerprint density at radius 3 is 2.40 bits per heavy atom. The third kappa shape index (κ3) is 8.97. The van der Waals surface area contributed by atoms with Crippen LogP contribution in [0, 0.1) is 0 Å². The standard InChI is InChI=1S/C10H16O3.C2H4/c1-3-9(4-2)10(12)13-8-6-5-7-11;1-2/h3-4,11H,1,5-8H2,2H3;1-2H2/b9-4+;. The molecule has 3 nitrogen and oxygen atoms in total. The van der Waals surface area contributed by atoms with E-state index < -0.39 is 0 Å². The van der Waals surface area contributed by atoms with Gasteiger partial charge in [-0.25, -0.2) is 4.79 Å². The first kappa shape index (κ1) is 16.1. The molecule has 0 aromatic heterocycles. The van der Waals surface area contributed by atoms with Gasteiger partial charge >= 0.3 is 5.97 Å². The van der Waals surface area contributed by atoms with Crippen LogP contribution in [0.3, 0.4) is 0 Å². The van der Waals surface area contributed by atoms with Crippen molar-refractivity contribution in [1.82, 2.24) is 0 Å². The van der Waals surface area contributed by atoms with Gasteiger partial charge in [0.25, 0.3) is 0 Å². The third-order valence-electron chi connectivity index (χ3n) is 1.55. The van der Waals surface area contributed by atoms with Crippen molar-refractivity contribution in [2.45, 2.75) is 19.8 Å². The number of allylic oxidation sites excluding steroid dienone is 1. The average molecular weight is 212 g/mol. The number of carbonyl (C=O) groups is 1. The molecule has 0 saturated heterocycles. The highest BCUT2D eigenvalue weighted by Crippen LogP contribution is 2.00. The second-order valence-electron chi connectivity index (χ2n) is 2.51. The molecule has 0 rings (SSSR count). The SMILES string of the molecule is C=C.C=C/C(=C\C)C(=O)OCCCCO. The average Bonchev–Trinajstić information content (AvgIpc) is 2.29. The molecular weight excluding hydrogens is 192 g/mol. The van der Waals surface area contributed by atoms with Crippen LogP contribution in [0.1, 0.15) is 19.8 Å². The minimum atomic E-state index is -0.351. The van der Waals surface area contributed by atoms with E-state index in [1.807, 2.05) is 0 Å². The van der Waals surface area contributed by atoms with Crippen LogP contribution < -0.4 is 0 Å². The Balaban J connectivity index is 0. The summed E-state index contributed by atoms with van der Waals surface area (Å²) >= 11 is 0. The first-order valence-electron chi connectivity index (χ1n) is 4.83. The number of rotatable bonds is 6. The first-order valence-corrected chi connectivity index (χ1v) is 4.83. The summed E-state index contributed by atoms with van der Waals surface area (Å²) in [5, 5.41) is 8.46. The molecular formula is C12H20O3. The second-order valence-corrected chi connectivity index (χ2v) is 2.51. The normalized spacial score (nSPS) is 9.87. The topological polar surface area (TPSA) is 46.5 Å². The molecule has 0 atom stereocenters. The van der Waals surface area contributed by atoms with E-state index in [0.717, 1.165) is 0 Å². The van der Waals surface area contributed by atoms with Crippen LogP contribution in [0.15, 0.2) is 37.5 Å². The van der Waals surface area contributed by atoms with Crippen molar-refractivity contribution in [1.29, 1.82) is 0 Å². The Bertz CT molecular complexity index is 207. The molecule has 15 heavy (non-hydrogen) atoms. The molecule has 3 heteroatoms. The van der Waals surface area contributed by atoms with E-state index in [0.29, 0.717) is 25.0 Å². The maximum atomic E-state index is 11.1. The number of esters is 1. The molecule has 0 radical (unpaired) electrons. The minimum absolute atomic E-state index is 0.134. The summed E-state index contributed by atoms with van der Waals surface area (Å²) in [6.45, 7) is 11.7. The quantitative estimate of drug-likeness (QED) is 0.241. The summed E-state index contributed by atoms with van der Waals surface area (Å²) < 4.78 is 4.90. The van der Waals surface area contributed by atoms with Crippen molar-refractivity contribution >= 4 is 5.97 Å². The van der Waals surface area contributed by atoms with Crippen molar-refractivity contribution in [3.8, 4) is 0 Å². The van der Waals surface area contributed by atoms with Gasteiger partial charge in [-0.1, -0.05) is 18.7 Å². The molecule has 0 unspecified atom stereocenters. The van der Waals surface area contributed by atoms with Crippen LogP contribution in [0.5, 0.6) is 0 Å². The first-order chi connectivity index (χ1) is 7.26. The summed E-state index contributed by atoms with van der Waals surface area (Å²) in [4.78, 5) is 11.1. The zero-order valence-electron chi connectivity index (χ0n) is 9.37. The molecule has 0 fully saturated rings. The van der Waals surface area contributed by atoms with Gasteiger partial charge in [0, 0.05) is 6.61 Å². The van der Waals surface area contributed by atoms with E-state index >= 15 is 0 Å². The van der Waals surface area contributed by atoms with Gasteiger partial charge in [0.2, 0.25) is 0 Å². The van der Waals surface area contributed by atoms with Crippen LogP contribution in [0.2, 0.25) is 0 Å². The fourth-order valence-electron chi connectivity index (χ4n) is 0.781. The number of unbranched alkanes of at least 4 members (excludes halogenated alkanes) is 1. The molecule has 0 aliphatic rings. The molecule has 0 bridgehead atoms. The van der Waals surface area contributed by atoms with Crippen molar-refractivity contribution in [2.75, 3.05) is 13.2 Å². The van der Waals surface area contributed by atoms with E-state index in [1.54, 1.807) is 13.0 Å². The summed E-state index contributed by atoms with van der Waals surface area (Å²) in [5.41, 5.74) is 0.476. The maximum Gasteiger partial charge on any atom is 0.337 e. The molecule has 0 aliphatic carbocycles. The van der Waals surface area contributed by atoms with Crippen LogP contribution in [0.25, 0.3) is 0 Å². The lowest BCUT2D eigenvalue weighted by molar-refractivity contribution is -0.138. The van der Waals surface area contributed by atoms with Crippen LogP contribution in [-0.2, 0) is 9.53 Å². The van der Waals surface area contributed by atoms with Crippen LogP contribution in [-0.4, -0.2) is 24.3 Å². The van der Waals surface area contributed by atoms with Crippen molar-refractivity contribution in [3.63, 3.8) is 0 Å². The summed E-state index contributed by atoms with van der Waals surface area (Å²) in [5.74, 6) is -0.351. The predicted molar refractivity (Wildman–Crippen MR) is 62.5 cm³/mol. The second kappa shape index (κ2) is 12.7. The number of hydrogen-bond acceptors (Lipinski definition) is 3. The highest BCUT2D eigenvalue weighted by atomic mass is 16.5. The van der Waals surface area contributed by atoms with Gasteiger partial charge in [0.15, 0.2) is 0 Å². The van der Waals surface area contributed by atoms with Gasteiger partial charge in [-0.15, -0.1) is 13.2 Å². The smallest absolute Gasteiger partial charge is 0.337 e. The fourth-order valence-corrected chi connectivity index (χ4v) is 0.781. The van der Waals surface area contributed by atoms with Gasteiger partial charge in [-0.05, 0) is 19.8 Å². The Kier molecular flexibility index (Phi) is 13.6. The van der Waals surface area contributed by atoms with Gasteiger partial charge in [0.05, 0.1) is 12.2 Å². The molecule has 0 amide bonds. The predicted octanol–water partition coefficient (Wildman–Crippen LogP) is 2.24. The number of aliphatic hydroxyl groups excluding tert-OH is 1. The number of ether oxygens (including phenoxy) is 1. The van der Waals surface area contributed by atoms with Gasteiger partial charge in [0.1, 0.15) is 0 Å². The summed E-state index contributed by atoms with van der Waals surface area (Å²) in [7, 11) is 0. The van der Waals surface area contributed by atoms with E-state index in [2.05, 4.69) is 19.7 Å². The zero-order valence-corrected chi connectivity index (χ0v) is 9.37. The lowest BCUT2D eigenvalue weighted by atomic mass is 10.2. The van der Waals surface area contributed by atoms with Crippen molar-refractivity contribution < 1.29 is 14.6 Å². The maximum absolute atomic E-state index is 11.1. The molecule has 0 heterocycles. The number of carbonyl (C=O) groups excluding carboxylic acids is 1. The zero-order chi connectivity index (χ0) is 12.1. The Labute approximate surface area is 91.8 Å². The molecule has 86 valence electrons. The molecule has 0 saturated carbocycles. The van der Waals surface area contributed by atoms with E-state index in [1.165, 1.54) is 6.08 Å². The van der Waals surface area contributed by atoms with Gasteiger partial charge in [-0.2, -0.15) is 0 Å². The summed E-state index contributed by atoms with van der Waals surface area (Å²) in [6.07, 6.45) is 4.47. The highest BCUT2D eigenvalue weighted by molar-refractivity contribution is 5.91. The van der Waals surface area contributed by atoms with Crippen molar-refractivity contribution in [2.24, 2.45) is 0 Å². The Hall–Kier alpha value is -1.35. The van der Waals surface area contributed by atoms with Crippen LogP contribution in [0.4, 0.5) is 0 Å². The fraction of sp³-hybridized carbons (Fsp3) is 0.417. The Morgan fingerprint density at radius 2 is 2.00 bits per heavy atom. The third-order valence-corrected chi connectivity index (χ3v) is 1.55. The number of aliphatic hydroxyl groups is 1. The lowest BCUT2D eigenvalue weighted by Gasteiger charge is -2.03. The summed E-state index contributed by atoms with van der Waals surface area (Å²) in [6, 6.07) is 0. The largest absolute Gasteiger partial charge is 0.462 e. The number of hydrogen-bond donors (Lipinski definition) is 1. The minimum Gasteiger partial charge on any atom is -0.462 e. The lowest BCUT2D eigenvalue weighted by Crippen LogP contribution is -2.07. The van der Waals surface area contributed by atoms with E-state index in [9.17, 15) is 4.79 Å². The Morgan fingerprint density at radius 1 is 1.40 bits per heavy atom. The van der Waals surface area contributed by atoms with Crippen LogP contribution >= 0.6 is 0 Å². The van der Waals surface area contributed by atoms with Gasteiger partial charge in [-0.3, -0.25) is 0 Å². The van der Waals surface area contributed by atoms with E-state index in [-0.39, 0.29) is 12.6 Å².